The quantitative estimate of drug-likeness (QED) is 0.851. The summed E-state index contributed by atoms with van der Waals surface area (Å²) in [6.45, 7) is 1.30. The number of carbonyl (C=O) groups excluding carboxylic acids is 1. The van der Waals surface area contributed by atoms with E-state index in [1.165, 1.54) is 6.07 Å². The first-order chi connectivity index (χ1) is 11.2. The van der Waals surface area contributed by atoms with Crippen LogP contribution >= 0.6 is 0 Å². The molecule has 0 aliphatic carbocycles. The highest BCUT2D eigenvalue weighted by Gasteiger charge is 2.35. The molecule has 120 valence electrons. The molecule has 1 aromatic heterocycles. The van der Waals surface area contributed by atoms with Crippen molar-refractivity contribution in [3.8, 4) is 0 Å². The van der Waals surface area contributed by atoms with E-state index in [1.54, 1.807) is 29.3 Å². The van der Waals surface area contributed by atoms with Gasteiger partial charge in [-0.25, -0.2) is 4.39 Å². The molecule has 1 amide bonds. The summed E-state index contributed by atoms with van der Waals surface area (Å²) in [5.74, 6) is -0.378. The Morgan fingerprint density at radius 1 is 1.26 bits per heavy atom. The van der Waals surface area contributed by atoms with Crippen molar-refractivity contribution in [3.05, 3.63) is 60.2 Å². The van der Waals surface area contributed by atoms with Crippen molar-refractivity contribution in [1.29, 1.82) is 0 Å². The van der Waals surface area contributed by atoms with Crippen LogP contribution in [0, 0.1) is 5.82 Å². The zero-order chi connectivity index (χ0) is 16.2. The van der Waals surface area contributed by atoms with Gasteiger partial charge in [-0.2, -0.15) is 0 Å². The number of hydrogen-bond donors (Lipinski definition) is 0. The monoisotopic (exact) mass is 313 g/mol. The molecule has 1 aromatic carbocycles. The van der Waals surface area contributed by atoms with Gasteiger partial charge in [0.05, 0.1) is 11.7 Å². The molecule has 0 N–H and O–H groups in total. The molecule has 0 spiro atoms. The Hall–Kier alpha value is -2.27. The van der Waals surface area contributed by atoms with Gasteiger partial charge in [0.1, 0.15) is 5.82 Å². The van der Waals surface area contributed by atoms with Crippen LogP contribution in [0.1, 0.15) is 12.1 Å². The molecule has 5 heteroatoms. The van der Waals surface area contributed by atoms with Crippen LogP contribution < -0.4 is 4.90 Å². The molecule has 3 rings (SSSR count). The van der Waals surface area contributed by atoms with Crippen LogP contribution in [0.3, 0.4) is 0 Å². The third kappa shape index (κ3) is 3.40. The summed E-state index contributed by atoms with van der Waals surface area (Å²) in [5.41, 5.74) is 1.38. The highest BCUT2D eigenvalue weighted by atomic mass is 19.1. The zero-order valence-electron chi connectivity index (χ0n) is 13.2. The van der Waals surface area contributed by atoms with Crippen molar-refractivity contribution in [2.45, 2.75) is 18.9 Å². The molecule has 1 fully saturated rings. The van der Waals surface area contributed by atoms with Gasteiger partial charge in [-0.15, -0.1) is 0 Å². The molecule has 1 saturated heterocycles. The summed E-state index contributed by atoms with van der Waals surface area (Å²) in [6, 6.07) is 12.1. The van der Waals surface area contributed by atoms with Crippen LogP contribution in [0.4, 0.5) is 10.1 Å². The van der Waals surface area contributed by atoms with Crippen LogP contribution in [0.15, 0.2) is 48.7 Å². The zero-order valence-corrected chi connectivity index (χ0v) is 13.2. The van der Waals surface area contributed by atoms with E-state index in [0.717, 1.165) is 18.7 Å². The Balaban J connectivity index is 1.63. The molecular formula is C18H20FN3O. The number of benzene rings is 1. The Morgan fingerprint density at radius 2 is 2.04 bits per heavy atom. The number of aromatic nitrogens is 1. The van der Waals surface area contributed by atoms with E-state index >= 15 is 0 Å². The average Bonchev–Trinajstić information content (AvgIpc) is 2.95. The van der Waals surface area contributed by atoms with Crippen molar-refractivity contribution < 1.29 is 9.18 Å². The largest absolute Gasteiger partial charge is 0.308 e. The van der Waals surface area contributed by atoms with Gasteiger partial charge in [0.15, 0.2) is 0 Å². The molecule has 1 aliphatic heterocycles. The van der Waals surface area contributed by atoms with E-state index in [9.17, 15) is 9.18 Å². The number of hydrogen-bond acceptors (Lipinski definition) is 3. The third-order valence-electron chi connectivity index (χ3n) is 4.30. The lowest BCUT2D eigenvalue weighted by molar-refractivity contribution is -0.121. The Kier molecular flexibility index (Phi) is 4.67. The normalized spacial score (nSPS) is 18.0. The lowest BCUT2D eigenvalue weighted by atomic mass is 10.2. The molecular weight excluding hydrogens is 293 g/mol. The van der Waals surface area contributed by atoms with Crippen molar-refractivity contribution in [2.24, 2.45) is 0 Å². The van der Waals surface area contributed by atoms with E-state index in [4.69, 9.17) is 0 Å². The fourth-order valence-corrected chi connectivity index (χ4v) is 2.98. The fraction of sp³-hybridized carbons (Fsp3) is 0.333. The topological polar surface area (TPSA) is 36.4 Å². The fourth-order valence-electron chi connectivity index (χ4n) is 2.98. The van der Waals surface area contributed by atoms with Gasteiger partial charge >= 0.3 is 0 Å². The minimum Gasteiger partial charge on any atom is -0.308 e. The number of rotatable bonds is 5. The minimum absolute atomic E-state index is 0.0291. The summed E-state index contributed by atoms with van der Waals surface area (Å²) in [5, 5.41) is 0. The molecule has 0 saturated carbocycles. The van der Waals surface area contributed by atoms with Gasteiger partial charge in [0.2, 0.25) is 5.91 Å². The van der Waals surface area contributed by atoms with Crippen LogP contribution in [-0.4, -0.2) is 42.0 Å². The summed E-state index contributed by atoms with van der Waals surface area (Å²) in [6.07, 6.45) is 3.28. The SMILES string of the molecule is CN(CCc1ccccn1)[C@@H]1CCN(c2ccccc2F)C1=O. The number of likely N-dealkylation sites (N-methyl/N-ethyl adjacent to an activating group) is 1. The average molecular weight is 313 g/mol. The molecule has 1 aliphatic rings. The smallest absolute Gasteiger partial charge is 0.244 e. The maximum Gasteiger partial charge on any atom is 0.244 e. The van der Waals surface area contributed by atoms with Crippen LogP contribution in [-0.2, 0) is 11.2 Å². The number of pyridine rings is 1. The van der Waals surface area contributed by atoms with E-state index in [-0.39, 0.29) is 17.8 Å². The van der Waals surface area contributed by atoms with Crippen molar-refractivity contribution in [2.75, 3.05) is 25.0 Å². The van der Waals surface area contributed by atoms with Gasteiger partial charge in [0, 0.05) is 31.4 Å². The highest BCUT2D eigenvalue weighted by Crippen LogP contribution is 2.26. The second-order valence-electron chi connectivity index (χ2n) is 5.80. The molecule has 0 radical (unpaired) electrons. The lowest BCUT2D eigenvalue weighted by Crippen LogP contribution is -2.40. The van der Waals surface area contributed by atoms with Gasteiger partial charge in [0.25, 0.3) is 0 Å². The molecule has 0 bridgehead atoms. The Morgan fingerprint density at radius 3 is 2.78 bits per heavy atom. The van der Waals surface area contributed by atoms with Crippen molar-refractivity contribution >= 4 is 11.6 Å². The molecule has 2 aromatic rings. The first kappa shape index (κ1) is 15.6. The number of amides is 1. The second-order valence-corrected chi connectivity index (χ2v) is 5.80. The van der Waals surface area contributed by atoms with Gasteiger partial charge in [-0.3, -0.25) is 14.7 Å². The maximum atomic E-state index is 13.9. The first-order valence-corrected chi connectivity index (χ1v) is 7.83. The standard InChI is InChI=1S/C18H20FN3O/c1-21(12-9-14-6-4-5-11-20-14)17-10-13-22(18(17)23)16-8-3-2-7-15(16)19/h2-8,11,17H,9-10,12-13H2,1H3/t17-/m1/s1. The van der Waals surface area contributed by atoms with E-state index < -0.39 is 0 Å². The third-order valence-corrected chi connectivity index (χ3v) is 4.30. The van der Waals surface area contributed by atoms with Crippen LogP contribution in [0.5, 0.6) is 0 Å². The van der Waals surface area contributed by atoms with E-state index in [0.29, 0.717) is 18.7 Å². The van der Waals surface area contributed by atoms with Gasteiger partial charge < -0.3 is 4.90 Å². The summed E-state index contributed by atoms with van der Waals surface area (Å²) < 4.78 is 13.9. The Labute approximate surface area is 135 Å². The lowest BCUT2D eigenvalue weighted by Gasteiger charge is -2.23. The van der Waals surface area contributed by atoms with Crippen LogP contribution in [0.25, 0.3) is 0 Å². The van der Waals surface area contributed by atoms with Crippen molar-refractivity contribution in [3.63, 3.8) is 0 Å². The van der Waals surface area contributed by atoms with E-state index in [2.05, 4.69) is 4.98 Å². The number of carbonyl (C=O) groups is 1. The summed E-state index contributed by atoms with van der Waals surface area (Å²) in [4.78, 5) is 20.5. The van der Waals surface area contributed by atoms with Crippen molar-refractivity contribution in [1.82, 2.24) is 9.88 Å². The van der Waals surface area contributed by atoms with E-state index in [1.807, 2.05) is 30.1 Å². The molecule has 0 unspecified atom stereocenters. The minimum atomic E-state index is -0.349. The predicted molar refractivity (Wildman–Crippen MR) is 87.7 cm³/mol. The van der Waals surface area contributed by atoms with Gasteiger partial charge in [-0.05, 0) is 37.7 Å². The molecule has 2 heterocycles. The molecule has 23 heavy (non-hydrogen) atoms. The molecule has 4 nitrogen and oxygen atoms in total. The summed E-state index contributed by atoms with van der Waals surface area (Å²) in [7, 11) is 1.94. The number of nitrogens with zero attached hydrogens (tertiary/aromatic N) is 3. The predicted octanol–water partition coefficient (Wildman–Crippen LogP) is 2.50. The number of anilines is 1. The second kappa shape index (κ2) is 6.87. The van der Waals surface area contributed by atoms with Crippen LogP contribution in [0.2, 0.25) is 0 Å². The number of para-hydroxylation sites is 1. The number of halogens is 1. The first-order valence-electron chi connectivity index (χ1n) is 7.83. The summed E-state index contributed by atoms with van der Waals surface area (Å²) >= 11 is 0. The molecule has 1 atom stereocenters. The maximum absolute atomic E-state index is 13.9. The van der Waals surface area contributed by atoms with Gasteiger partial charge in [-0.1, -0.05) is 18.2 Å². The highest BCUT2D eigenvalue weighted by molar-refractivity contribution is 5.99. The Bertz CT molecular complexity index is 677.